The monoisotopic (exact) mass is 838 g/mol. The van der Waals surface area contributed by atoms with Crippen LogP contribution in [0.3, 0.4) is 0 Å². The summed E-state index contributed by atoms with van der Waals surface area (Å²) in [7, 11) is 8.11. The lowest BCUT2D eigenvalue weighted by molar-refractivity contribution is 0.291. The molecule has 0 spiro atoms. The molecule has 3 saturated heterocycles. The Balaban J connectivity index is 0.000000175. The lowest BCUT2D eigenvalue weighted by Crippen LogP contribution is -2.44. The van der Waals surface area contributed by atoms with E-state index in [1.807, 2.05) is 18.2 Å². The molecule has 0 unspecified atom stereocenters. The SMILES string of the molecule is CN1CCN(c2ccc(Cl)nn2)CC1.CN1CCN(c2ccc(Nc3cc(Br)cn(C)c3=O)nn2)CC1.CN1CCNCC1.Clc1ccc(Cl)nn1. The molecule has 3 aliphatic rings. The average molecular weight is 841 g/mol. The van der Waals surface area contributed by atoms with Crippen molar-refractivity contribution in [2.75, 3.05) is 115 Å². The first-order valence-corrected chi connectivity index (χ1v) is 18.8. The van der Waals surface area contributed by atoms with Crippen LogP contribution in [0, 0.1) is 0 Å². The predicted molar refractivity (Wildman–Crippen MR) is 214 cm³/mol. The van der Waals surface area contributed by atoms with Crippen LogP contribution < -0.4 is 26.0 Å². The first-order chi connectivity index (χ1) is 25.0. The number of aromatic nitrogens is 7. The third kappa shape index (κ3) is 14.3. The Morgan fingerprint density at radius 2 is 1.06 bits per heavy atom. The summed E-state index contributed by atoms with van der Waals surface area (Å²) in [4.78, 5) is 23.5. The maximum atomic E-state index is 12.1. The van der Waals surface area contributed by atoms with E-state index in [2.05, 4.69) is 103 Å². The molecular formula is C33H46BrCl3N14O. The highest BCUT2D eigenvalue weighted by atomic mass is 79.9. The van der Waals surface area contributed by atoms with Gasteiger partial charge in [-0.2, -0.15) is 0 Å². The normalized spacial score (nSPS) is 16.8. The Kier molecular flexibility index (Phi) is 17.2. The van der Waals surface area contributed by atoms with Crippen LogP contribution in [-0.4, -0.2) is 150 Å². The number of piperazine rings is 3. The molecule has 52 heavy (non-hydrogen) atoms. The highest BCUT2D eigenvalue weighted by Crippen LogP contribution is 2.18. The van der Waals surface area contributed by atoms with E-state index in [-0.39, 0.29) is 5.56 Å². The molecule has 4 aromatic heterocycles. The maximum Gasteiger partial charge on any atom is 0.274 e. The summed E-state index contributed by atoms with van der Waals surface area (Å²) < 4.78 is 2.34. The number of pyridine rings is 1. The summed E-state index contributed by atoms with van der Waals surface area (Å²) >= 11 is 19.8. The van der Waals surface area contributed by atoms with Crippen LogP contribution in [0.4, 0.5) is 23.1 Å². The largest absolute Gasteiger partial charge is 0.353 e. The number of likely N-dealkylation sites (N-methyl/N-ethyl adjacent to an activating group) is 3. The molecule has 0 radical (unpaired) electrons. The fraction of sp³-hybridized carbons (Fsp3) is 0.485. The molecule has 0 atom stereocenters. The van der Waals surface area contributed by atoms with Crippen molar-refractivity contribution in [3.63, 3.8) is 0 Å². The number of hydrogen-bond donors (Lipinski definition) is 2. The smallest absolute Gasteiger partial charge is 0.274 e. The molecule has 15 nitrogen and oxygen atoms in total. The van der Waals surface area contributed by atoms with Crippen LogP contribution >= 0.6 is 50.7 Å². The van der Waals surface area contributed by atoms with Gasteiger partial charge in [0.15, 0.2) is 32.9 Å². The van der Waals surface area contributed by atoms with Crippen molar-refractivity contribution in [1.29, 1.82) is 0 Å². The summed E-state index contributed by atoms with van der Waals surface area (Å²) in [6.45, 7) is 12.8. The van der Waals surface area contributed by atoms with Crippen molar-refractivity contribution in [2.24, 2.45) is 7.05 Å². The Hall–Kier alpha value is -3.22. The molecular weight excluding hydrogens is 795 g/mol. The second-order valence-corrected chi connectivity index (χ2v) is 14.5. The zero-order valence-electron chi connectivity index (χ0n) is 29.9. The molecule has 7 rings (SSSR count). The minimum absolute atomic E-state index is 0.113. The molecule has 0 bridgehead atoms. The minimum Gasteiger partial charge on any atom is -0.353 e. The van der Waals surface area contributed by atoms with Crippen molar-refractivity contribution in [1.82, 2.24) is 55.2 Å². The number of halogens is 4. The van der Waals surface area contributed by atoms with Gasteiger partial charge in [-0.25, -0.2) is 0 Å². The van der Waals surface area contributed by atoms with Crippen LogP contribution in [0.15, 0.2) is 57.9 Å². The standard InChI is InChI=1S/C15H19BrN6O.C9H13ClN4.C5H12N2.C4H2Cl2N2/c1-20-5-7-22(8-6-20)14-4-3-13(18-19-14)17-12-9-11(16)10-21(2)15(12)23;1-13-4-6-14(7-5-13)9-3-2-8(10)11-12-9;1-7-4-2-6-3-5-7;5-3-1-2-4(6)8-7-3/h3-4,9-10H,5-8H2,1-2H3,(H,17,18);2-3H,4-7H2,1H3;6H,2-5H2,1H3;1-2H. The van der Waals surface area contributed by atoms with E-state index in [4.69, 9.17) is 34.8 Å². The number of rotatable bonds is 4. The van der Waals surface area contributed by atoms with Crippen molar-refractivity contribution >= 4 is 73.9 Å². The first kappa shape index (κ1) is 41.5. The molecule has 4 aromatic rings. The summed E-state index contributed by atoms with van der Waals surface area (Å²) in [5.74, 6) is 2.34. The zero-order chi connectivity index (χ0) is 37.5. The van der Waals surface area contributed by atoms with Crippen LogP contribution in [-0.2, 0) is 7.05 Å². The van der Waals surface area contributed by atoms with E-state index in [1.165, 1.54) is 17.7 Å². The van der Waals surface area contributed by atoms with Gasteiger partial charge in [0.2, 0.25) is 0 Å². The number of nitrogens with zero attached hydrogens (tertiary/aromatic N) is 12. The molecule has 0 aromatic carbocycles. The van der Waals surface area contributed by atoms with Gasteiger partial charge in [-0.3, -0.25) is 4.79 Å². The van der Waals surface area contributed by atoms with E-state index in [9.17, 15) is 4.79 Å². The molecule has 7 heterocycles. The van der Waals surface area contributed by atoms with Crippen molar-refractivity contribution in [2.45, 2.75) is 0 Å². The molecule has 3 aliphatic heterocycles. The fourth-order valence-corrected chi connectivity index (χ4v) is 5.92. The molecule has 2 N–H and O–H groups in total. The third-order valence-corrected chi connectivity index (χ3v) is 9.31. The highest BCUT2D eigenvalue weighted by molar-refractivity contribution is 9.10. The van der Waals surface area contributed by atoms with Crippen LogP contribution in [0.1, 0.15) is 0 Å². The van der Waals surface area contributed by atoms with Crippen LogP contribution in [0.2, 0.25) is 15.5 Å². The minimum atomic E-state index is -0.113. The summed E-state index contributed by atoms with van der Waals surface area (Å²) in [5, 5.41) is 30.7. The van der Waals surface area contributed by atoms with E-state index in [1.54, 1.807) is 37.5 Å². The molecule has 0 aliphatic carbocycles. The molecule has 19 heteroatoms. The first-order valence-electron chi connectivity index (χ1n) is 16.8. The lowest BCUT2D eigenvalue weighted by atomic mass is 10.3. The summed E-state index contributed by atoms with van der Waals surface area (Å²) in [6, 6.07) is 12.4. The number of nitrogens with one attached hydrogen (secondary N) is 2. The highest BCUT2D eigenvalue weighted by Gasteiger charge is 2.16. The Morgan fingerprint density at radius 3 is 1.46 bits per heavy atom. The molecule has 0 saturated carbocycles. The quantitative estimate of drug-likeness (QED) is 0.310. The van der Waals surface area contributed by atoms with E-state index in [0.29, 0.717) is 27.0 Å². The molecule has 3 fully saturated rings. The van der Waals surface area contributed by atoms with E-state index in [0.717, 1.165) is 81.6 Å². The Bertz CT molecular complexity index is 1660. The van der Waals surface area contributed by atoms with Gasteiger partial charge in [0, 0.05) is 96.3 Å². The van der Waals surface area contributed by atoms with Gasteiger partial charge in [0.25, 0.3) is 5.56 Å². The Morgan fingerprint density at radius 1 is 0.615 bits per heavy atom. The maximum absolute atomic E-state index is 12.1. The summed E-state index contributed by atoms with van der Waals surface area (Å²) in [6.07, 6.45) is 1.72. The van der Waals surface area contributed by atoms with Crippen LogP contribution in [0.25, 0.3) is 0 Å². The van der Waals surface area contributed by atoms with E-state index < -0.39 is 0 Å². The van der Waals surface area contributed by atoms with Gasteiger partial charge in [-0.05, 0) is 79.5 Å². The van der Waals surface area contributed by atoms with Crippen molar-refractivity contribution in [3.05, 3.63) is 78.9 Å². The molecule has 0 amide bonds. The predicted octanol–water partition coefficient (Wildman–Crippen LogP) is 3.62. The van der Waals surface area contributed by atoms with Gasteiger partial charge in [0.1, 0.15) is 5.69 Å². The second-order valence-electron chi connectivity index (χ2n) is 12.4. The summed E-state index contributed by atoms with van der Waals surface area (Å²) in [5.41, 5.74) is 0.349. The Labute approximate surface area is 328 Å². The third-order valence-electron chi connectivity index (χ3n) is 8.28. The van der Waals surface area contributed by atoms with Crippen molar-refractivity contribution in [3.8, 4) is 0 Å². The second kappa shape index (κ2) is 21.5. The zero-order valence-corrected chi connectivity index (χ0v) is 33.7. The topological polar surface area (TPSA) is 140 Å². The van der Waals surface area contributed by atoms with Gasteiger partial charge in [-0.15, -0.1) is 30.6 Å². The van der Waals surface area contributed by atoms with Crippen molar-refractivity contribution < 1.29 is 0 Å². The van der Waals surface area contributed by atoms with E-state index >= 15 is 0 Å². The van der Waals surface area contributed by atoms with Gasteiger partial charge >= 0.3 is 0 Å². The van der Waals surface area contributed by atoms with Gasteiger partial charge in [0.05, 0.1) is 0 Å². The van der Waals surface area contributed by atoms with Gasteiger partial charge < -0.3 is 39.7 Å². The molecule has 282 valence electrons. The number of hydrogen-bond acceptors (Lipinski definition) is 14. The number of aryl methyl sites for hydroxylation is 1. The average Bonchev–Trinajstić information content (AvgIpc) is 3.14. The van der Waals surface area contributed by atoms with Crippen LogP contribution in [0.5, 0.6) is 0 Å². The fourth-order valence-electron chi connectivity index (χ4n) is 5.08. The lowest BCUT2D eigenvalue weighted by Gasteiger charge is -2.32. The number of anilines is 4. The van der Waals surface area contributed by atoms with Gasteiger partial charge in [-0.1, -0.05) is 34.8 Å².